The molecule has 0 fully saturated rings. The highest BCUT2D eigenvalue weighted by atomic mass is 32.2. The van der Waals surface area contributed by atoms with Gasteiger partial charge in [-0.3, -0.25) is 9.36 Å². The maximum atomic E-state index is 12.0. The number of hydrogen-bond donors (Lipinski definition) is 0. The van der Waals surface area contributed by atoms with Gasteiger partial charge in [0.1, 0.15) is 12.9 Å². The van der Waals surface area contributed by atoms with E-state index >= 15 is 0 Å². The van der Waals surface area contributed by atoms with Crippen molar-refractivity contribution < 1.29 is 4.79 Å². The van der Waals surface area contributed by atoms with Gasteiger partial charge in [-0.05, 0) is 18.4 Å². The van der Waals surface area contributed by atoms with Crippen molar-refractivity contribution in [1.82, 2.24) is 14.3 Å². The zero-order valence-electron chi connectivity index (χ0n) is 10.2. The van der Waals surface area contributed by atoms with Gasteiger partial charge in [0.25, 0.3) is 0 Å². The van der Waals surface area contributed by atoms with Crippen LogP contribution in [0.3, 0.4) is 0 Å². The first-order valence-corrected chi connectivity index (χ1v) is 6.60. The van der Waals surface area contributed by atoms with Gasteiger partial charge in [0.05, 0.1) is 0 Å². The molecule has 0 saturated heterocycles. The van der Waals surface area contributed by atoms with Crippen LogP contribution in [0.15, 0.2) is 40.3 Å². The third kappa shape index (κ3) is 2.53. The lowest BCUT2D eigenvalue weighted by Gasteiger charge is -2.01. The van der Waals surface area contributed by atoms with E-state index in [1.165, 1.54) is 10.9 Å². The standard InChI is InChI=1S/C12H13N3O2S/c1-14-8-13-15(12(14)17)7-11(16)9-3-5-10(18-2)6-4-9/h3-6,8H,7H2,1-2H3. The van der Waals surface area contributed by atoms with E-state index in [0.717, 1.165) is 9.58 Å². The van der Waals surface area contributed by atoms with Crippen molar-refractivity contribution in [1.29, 1.82) is 0 Å². The number of carbonyl (C=O) groups excluding carboxylic acids is 1. The van der Waals surface area contributed by atoms with Crippen LogP contribution < -0.4 is 5.69 Å². The number of Topliss-reactive ketones (excluding diaryl/α,β-unsaturated/α-hetero) is 1. The van der Waals surface area contributed by atoms with E-state index in [2.05, 4.69) is 5.10 Å². The molecule has 5 nitrogen and oxygen atoms in total. The zero-order chi connectivity index (χ0) is 13.1. The first-order valence-electron chi connectivity index (χ1n) is 5.37. The fourth-order valence-corrected chi connectivity index (χ4v) is 1.94. The summed E-state index contributed by atoms with van der Waals surface area (Å²) < 4.78 is 2.49. The van der Waals surface area contributed by atoms with E-state index in [-0.39, 0.29) is 18.0 Å². The van der Waals surface area contributed by atoms with E-state index < -0.39 is 0 Å². The van der Waals surface area contributed by atoms with Gasteiger partial charge in [-0.1, -0.05) is 12.1 Å². The third-order valence-corrected chi connectivity index (χ3v) is 3.34. The summed E-state index contributed by atoms with van der Waals surface area (Å²) in [7, 11) is 1.60. The summed E-state index contributed by atoms with van der Waals surface area (Å²) in [5, 5.41) is 3.86. The molecule has 18 heavy (non-hydrogen) atoms. The second-order valence-electron chi connectivity index (χ2n) is 3.83. The fourth-order valence-electron chi connectivity index (χ4n) is 1.53. The van der Waals surface area contributed by atoms with Crippen LogP contribution >= 0.6 is 11.8 Å². The molecule has 1 aromatic heterocycles. The van der Waals surface area contributed by atoms with Gasteiger partial charge < -0.3 is 0 Å². The Morgan fingerprint density at radius 2 is 2.00 bits per heavy atom. The Bertz CT molecular complexity index is 613. The molecule has 2 rings (SSSR count). The van der Waals surface area contributed by atoms with Crippen LogP contribution in [0.4, 0.5) is 0 Å². The van der Waals surface area contributed by atoms with Crippen LogP contribution in [-0.2, 0) is 13.6 Å². The van der Waals surface area contributed by atoms with Crippen LogP contribution in [0.1, 0.15) is 10.4 Å². The summed E-state index contributed by atoms with van der Waals surface area (Å²) in [6.07, 6.45) is 3.37. The highest BCUT2D eigenvalue weighted by molar-refractivity contribution is 7.98. The smallest absolute Gasteiger partial charge is 0.292 e. The molecule has 0 saturated carbocycles. The molecule has 0 bridgehead atoms. The van der Waals surface area contributed by atoms with E-state index in [1.807, 2.05) is 18.4 Å². The lowest BCUT2D eigenvalue weighted by Crippen LogP contribution is -2.26. The second kappa shape index (κ2) is 5.22. The number of nitrogens with zero attached hydrogens (tertiary/aromatic N) is 3. The Kier molecular flexibility index (Phi) is 3.66. The molecule has 2 aromatic rings. The normalized spacial score (nSPS) is 10.6. The minimum absolute atomic E-state index is 0.0295. The lowest BCUT2D eigenvalue weighted by molar-refractivity contribution is 0.0966. The van der Waals surface area contributed by atoms with Crippen LogP contribution in [0.2, 0.25) is 0 Å². The topological polar surface area (TPSA) is 56.9 Å². The SMILES string of the molecule is CSc1ccc(C(=O)Cn2ncn(C)c2=O)cc1. The predicted molar refractivity (Wildman–Crippen MR) is 70.0 cm³/mol. The van der Waals surface area contributed by atoms with Gasteiger partial charge >= 0.3 is 5.69 Å². The average molecular weight is 263 g/mol. The summed E-state index contributed by atoms with van der Waals surface area (Å²) >= 11 is 1.62. The number of hydrogen-bond acceptors (Lipinski definition) is 4. The van der Waals surface area contributed by atoms with Crippen molar-refractivity contribution in [2.75, 3.05) is 6.26 Å². The largest absolute Gasteiger partial charge is 0.345 e. The number of benzene rings is 1. The zero-order valence-corrected chi connectivity index (χ0v) is 11.0. The minimum Gasteiger partial charge on any atom is -0.292 e. The van der Waals surface area contributed by atoms with E-state index in [9.17, 15) is 9.59 Å². The Hall–Kier alpha value is -1.82. The lowest BCUT2D eigenvalue weighted by atomic mass is 10.1. The molecule has 0 atom stereocenters. The number of aryl methyl sites for hydroxylation is 1. The van der Waals surface area contributed by atoms with Crippen LogP contribution in [0.5, 0.6) is 0 Å². The summed E-state index contributed by atoms with van der Waals surface area (Å²) in [4.78, 5) is 24.6. The molecule has 0 radical (unpaired) electrons. The Balaban J connectivity index is 2.16. The number of thioether (sulfide) groups is 1. The first-order chi connectivity index (χ1) is 8.61. The van der Waals surface area contributed by atoms with Crippen molar-refractivity contribution >= 4 is 17.5 Å². The summed E-state index contributed by atoms with van der Waals surface area (Å²) in [6, 6.07) is 7.31. The summed E-state index contributed by atoms with van der Waals surface area (Å²) in [5.41, 5.74) is 0.300. The highest BCUT2D eigenvalue weighted by Gasteiger charge is 2.10. The van der Waals surface area contributed by atoms with Crippen LogP contribution in [0.25, 0.3) is 0 Å². The van der Waals surface area contributed by atoms with Crippen molar-refractivity contribution in [2.24, 2.45) is 7.05 Å². The van der Waals surface area contributed by atoms with Crippen molar-refractivity contribution in [3.63, 3.8) is 0 Å². The van der Waals surface area contributed by atoms with E-state index in [1.54, 1.807) is 30.9 Å². The van der Waals surface area contributed by atoms with E-state index in [4.69, 9.17) is 0 Å². The quantitative estimate of drug-likeness (QED) is 0.614. The van der Waals surface area contributed by atoms with Gasteiger partial charge in [-0.2, -0.15) is 5.10 Å². The Morgan fingerprint density at radius 1 is 1.33 bits per heavy atom. The van der Waals surface area contributed by atoms with Crippen LogP contribution in [-0.4, -0.2) is 26.4 Å². The van der Waals surface area contributed by atoms with E-state index in [0.29, 0.717) is 5.56 Å². The number of ketones is 1. The molecule has 0 amide bonds. The first kappa shape index (κ1) is 12.6. The molecule has 0 aliphatic heterocycles. The fraction of sp³-hybridized carbons (Fsp3) is 0.250. The molecular weight excluding hydrogens is 250 g/mol. The number of carbonyl (C=O) groups is 1. The Labute approximate surface area is 108 Å². The summed E-state index contributed by atoms with van der Waals surface area (Å²) in [6.45, 7) is -0.0295. The predicted octanol–water partition coefficient (Wildman–Crippen LogP) is 1.19. The summed E-state index contributed by atoms with van der Waals surface area (Å²) in [5.74, 6) is -0.122. The van der Waals surface area contributed by atoms with Crippen LogP contribution in [0, 0.1) is 0 Å². The molecule has 0 aliphatic carbocycles. The van der Waals surface area contributed by atoms with Crippen molar-refractivity contribution in [3.8, 4) is 0 Å². The molecular formula is C12H13N3O2S. The monoisotopic (exact) mass is 263 g/mol. The van der Waals surface area contributed by atoms with Gasteiger partial charge in [0.2, 0.25) is 0 Å². The van der Waals surface area contributed by atoms with Gasteiger partial charge in [0.15, 0.2) is 5.78 Å². The number of rotatable bonds is 4. The highest BCUT2D eigenvalue weighted by Crippen LogP contribution is 2.15. The molecule has 1 heterocycles. The molecule has 0 N–H and O–H groups in total. The molecule has 94 valence electrons. The van der Waals surface area contributed by atoms with Gasteiger partial charge in [-0.25, -0.2) is 9.48 Å². The average Bonchev–Trinajstić information content (AvgIpc) is 2.71. The molecule has 0 spiro atoms. The maximum Gasteiger partial charge on any atom is 0.345 e. The van der Waals surface area contributed by atoms with Gasteiger partial charge in [0, 0.05) is 17.5 Å². The second-order valence-corrected chi connectivity index (χ2v) is 4.71. The molecule has 6 heteroatoms. The minimum atomic E-state index is -0.288. The van der Waals surface area contributed by atoms with Crippen molar-refractivity contribution in [3.05, 3.63) is 46.6 Å². The number of aromatic nitrogens is 3. The molecule has 0 unspecified atom stereocenters. The maximum absolute atomic E-state index is 12.0. The Morgan fingerprint density at radius 3 is 2.50 bits per heavy atom. The molecule has 1 aromatic carbocycles. The third-order valence-electron chi connectivity index (χ3n) is 2.59. The molecule has 0 aliphatic rings. The van der Waals surface area contributed by atoms with Gasteiger partial charge in [-0.15, -0.1) is 11.8 Å². The van der Waals surface area contributed by atoms with Crippen molar-refractivity contribution in [2.45, 2.75) is 11.4 Å².